The number of nitrogens with one attached hydrogen (secondary N) is 1. The quantitative estimate of drug-likeness (QED) is 0.704. The zero-order valence-corrected chi connectivity index (χ0v) is 15.1. The molecule has 0 aliphatic carbocycles. The summed E-state index contributed by atoms with van der Waals surface area (Å²) in [4.78, 5) is 0. The molecule has 0 amide bonds. The second-order valence-corrected chi connectivity index (χ2v) is 6.63. The van der Waals surface area contributed by atoms with Gasteiger partial charge in [-0.2, -0.15) is 0 Å². The molecule has 21 heavy (non-hydrogen) atoms. The monoisotopic (exact) mass is 365 g/mol. The van der Waals surface area contributed by atoms with Crippen molar-refractivity contribution in [1.29, 1.82) is 0 Å². The lowest BCUT2D eigenvalue weighted by Gasteiger charge is -2.23. The summed E-state index contributed by atoms with van der Waals surface area (Å²) in [7, 11) is 0. The van der Waals surface area contributed by atoms with Gasteiger partial charge >= 0.3 is 0 Å². The maximum absolute atomic E-state index is 6.52. The highest BCUT2D eigenvalue weighted by atomic mass is 79.9. The van der Waals surface area contributed by atoms with Gasteiger partial charge in [0, 0.05) is 9.50 Å². The van der Waals surface area contributed by atoms with Gasteiger partial charge in [-0.3, -0.25) is 0 Å². The van der Waals surface area contributed by atoms with Crippen molar-refractivity contribution >= 4 is 27.5 Å². The Bertz CT molecular complexity index is 625. The minimum Gasteiger partial charge on any atom is -0.306 e. The van der Waals surface area contributed by atoms with Crippen LogP contribution in [0.15, 0.2) is 40.9 Å². The van der Waals surface area contributed by atoms with Crippen LogP contribution in [-0.4, -0.2) is 6.54 Å². The van der Waals surface area contributed by atoms with Crippen molar-refractivity contribution in [2.75, 3.05) is 6.54 Å². The molecule has 0 aliphatic rings. The molecule has 0 saturated carbocycles. The Kier molecular flexibility index (Phi) is 5.86. The van der Waals surface area contributed by atoms with E-state index in [-0.39, 0.29) is 6.04 Å². The molecule has 112 valence electrons. The van der Waals surface area contributed by atoms with Gasteiger partial charge in [0.15, 0.2) is 0 Å². The summed E-state index contributed by atoms with van der Waals surface area (Å²) < 4.78 is 1.10. The first-order valence-corrected chi connectivity index (χ1v) is 8.46. The highest BCUT2D eigenvalue weighted by molar-refractivity contribution is 9.10. The highest BCUT2D eigenvalue weighted by Gasteiger charge is 2.19. The van der Waals surface area contributed by atoms with E-state index in [0.717, 1.165) is 28.0 Å². The number of rotatable bonds is 5. The minimum absolute atomic E-state index is 0.104. The van der Waals surface area contributed by atoms with E-state index < -0.39 is 0 Å². The van der Waals surface area contributed by atoms with Gasteiger partial charge in [0.25, 0.3) is 0 Å². The summed E-state index contributed by atoms with van der Waals surface area (Å²) in [5.41, 5.74) is 4.85. The third-order valence-corrected chi connectivity index (χ3v) is 4.79. The molecule has 1 unspecified atom stereocenters. The first kappa shape index (κ1) is 16.5. The van der Waals surface area contributed by atoms with Crippen LogP contribution in [0.3, 0.4) is 0 Å². The normalized spacial score (nSPS) is 12.4. The topological polar surface area (TPSA) is 12.0 Å². The molecule has 0 heterocycles. The second kappa shape index (κ2) is 7.44. The summed E-state index contributed by atoms with van der Waals surface area (Å²) >= 11 is 10.2. The maximum Gasteiger partial charge on any atom is 0.0602 e. The molecule has 1 N–H and O–H groups in total. The zero-order chi connectivity index (χ0) is 15.4. The van der Waals surface area contributed by atoms with Crippen LogP contribution in [0, 0.1) is 13.8 Å². The molecule has 2 aromatic rings. The van der Waals surface area contributed by atoms with Crippen molar-refractivity contribution in [2.45, 2.75) is 33.2 Å². The van der Waals surface area contributed by atoms with Crippen LogP contribution >= 0.6 is 27.5 Å². The van der Waals surface area contributed by atoms with Crippen LogP contribution in [0.1, 0.15) is 41.6 Å². The fourth-order valence-electron chi connectivity index (χ4n) is 2.41. The lowest BCUT2D eigenvalue weighted by molar-refractivity contribution is 0.596. The fraction of sp³-hybridized carbons (Fsp3) is 0.333. The summed E-state index contributed by atoms with van der Waals surface area (Å²) in [6.07, 6.45) is 1.09. The number of benzene rings is 2. The van der Waals surface area contributed by atoms with Crippen LogP contribution in [0.5, 0.6) is 0 Å². The molecule has 0 aliphatic heterocycles. The van der Waals surface area contributed by atoms with E-state index in [0.29, 0.717) is 0 Å². The van der Waals surface area contributed by atoms with Crippen LogP contribution in [0.2, 0.25) is 5.02 Å². The molecule has 0 bridgehead atoms. The van der Waals surface area contributed by atoms with Crippen molar-refractivity contribution in [3.63, 3.8) is 0 Å². The molecular formula is C18H21BrClN. The first-order valence-electron chi connectivity index (χ1n) is 7.29. The summed E-state index contributed by atoms with van der Waals surface area (Å²) in [5.74, 6) is 0. The number of aryl methyl sites for hydroxylation is 2. The third-order valence-electron chi connectivity index (χ3n) is 3.74. The molecule has 0 aromatic heterocycles. The Balaban J connectivity index is 2.51. The minimum atomic E-state index is 0.104. The number of hydrogen-bond donors (Lipinski definition) is 1. The average Bonchev–Trinajstić information content (AvgIpc) is 2.46. The SMILES string of the molecule is CCCNC(c1cc(C)c(C)cc1Cl)c1ccccc1Br. The van der Waals surface area contributed by atoms with Crippen molar-refractivity contribution < 1.29 is 0 Å². The Morgan fingerprint density at radius 1 is 1.10 bits per heavy atom. The first-order chi connectivity index (χ1) is 10.0. The Hall–Kier alpha value is -0.830. The molecule has 1 atom stereocenters. The van der Waals surface area contributed by atoms with E-state index in [1.54, 1.807) is 0 Å². The van der Waals surface area contributed by atoms with Crippen LogP contribution < -0.4 is 5.32 Å². The smallest absolute Gasteiger partial charge is 0.0602 e. The molecule has 0 saturated heterocycles. The van der Waals surface area contributed by atoms with Gasteiger partial charge < -0.3 is 5.32 Å². The molecule has 2 rings (SSSR count). The van der Waals surface area contributed by atoms with Crippen molar-refractivity contribution in [2.24, 2.45) is 0 Å². The molecule has 2 aromatic carbocycles. The van der Waals surface area contributed by atoms with E-state index in [1.165, 1.54) is 16.7 Å². The van der Waals surface area contributed by atoms with Crippen LogP contribution in [-0.2, 0) is 0 Å². The largest absolute Gasteiger partial charge is 0.306 e. The van der Waals surface area contributed by atoms with E-state index in [4.69, 9.17) is 11.6 Å². The Morgan fingerprint density at radius 3 is 2.43 bits per heavy atom. The van der Waals surface area contributed by atoms with Gasteiger partial charge in [-0.05, 0) is 61.2 Å². The fourth-order valence-corrected chi connectivity index (χ4v) is 3.25. The standard InChI is InChI=1S/C18H21BrClN/c1-4-9-21-18(14-7-5-6-8-16(14)19)15-10-12(2)13(3)11-17(15)20/h5-8,10-11,18,21H,4,9H2,1-3H3. The van der Waals surface area contributed by atoms with Crippen molar-refractivity contribution in [3.8, 4) is 0 Å². The predicted octanol–water partition coefficient (Wildman–Crippen LogP) is 5.81. The number of hydrogen-bond acceptors (Lipinski definition) is 1. The zero-order valence-electron chi connectivity index (χ0n) is 12.7. The van der Waals surface area contributed by atoms with E-state index in [1.807, 2.05) is 6.07 Å². The summed E-state index contributed by atoms with van der Waals surface area (Å²) in [6, 6.07) is 12.7. The lowest BCUT2D eigenvalue weighted by Crippen LogP contribution is -2.24. The van der Waals surface area contributed by atoms with Gasteiger partial charge in [0.05, 0.1) is 6.04 Å². The van der Waals surface area contributed by atoms with Gasteiger partial charge in [-0.15, -0.1) is 0 Å². The maximum atomic E-state index is 6.52. The van der Waals surface area contributed by atoms with Gasteiger partial charge in [0.2, 0.25) is 0 Å². The molecule has 0 radical (unpaired) electrons. The van der Waals surface area contributed by atoms with E-state index >= 15 is 0 Å². The van der Waals surface area contributed by atoms with Gasteiger partial charge in [0.1, 0.15) is 0 Å². The highest BCUT2D eigenvalue weighted by Crippen LogP contribution is 2.34. The summed E-state index contributed by atoms with van der Waals surface area (Å²) in [6.45, 7) is 7.35. The van der Waals surface area contributed by atoms with E-state index in [2.05, 4.69) is 72.3 Å². The molecule has 0 spiro atoms. The lowest BCUT2D eigenvalue weighted by atomic mass is 9.95. The molecule has 0 fully saturated rings. The summed E-state index contributed by atoms with van der Waals surface area (Å²) in [5, 5.41) is 4.44. The molecule has 1 nitrogen and oxygen atoms in total. The molecular weight excluding hydrogens is 346 g/mol. The molecule has 3 heteroatoms. The predicted molar refractivity (Wildman–Crippen MR) is 95.2 cm³/mol. The van der Waals surface area contributed by atoms with E-state index in [9.17, 15) is 0 Å². The van der Waals surface area contributed by atoms with Gasteiger partial charge in [-0.25, -0.2) is 0 Å². The number of halogens is 2. The average molecular weight is 367 g/mol. The van der Waals surface area contributed by atoms with Crippen LogP contribution in [0.25, 0.3) is 0 Å². The second-order valence-electron chi connectivity index (χ2n) is 5.37. The Morgan fingerprint density at radius 2 is 1.76 bits per heavy atom. The van der Waals surface area contributed by atoms with Gasteiger partial charge in [-0.1, -0.05) is 58.7 Å². The third kappa shape index (κ3) is 3.88. The van der Waals surface area contributed by atoms with Crippen molar-refractivity contribution in [1.82, 2.24) is 5.32 Å². The Labute approximate surface area is 140 Å². The van der Waals surface area contributed by atoms with Crippen molar-refractivity contribution in [3.05, 3.63) is 68.1 Å². The van der Waals surface area contributed by atoms with Crippen LogP contribution in [0.4, 0.5) is 0 Å².